The summed E-state index contributed by atoms with van der Waals surface area (Å²) in [5.74, 6) is 0.815. The molecular formula is C22H27N5. The van der Waals surface area contributed by atoms with Crippen LogP contribution in [0.3, 0.4) is 0 Å². The highest BCUT2D eigenvalue weighted by atomic mass is 15.2. The molecule has 5 nitrogen and oxygen atoms in total. The van der Waals surface area contributed by atoms with Crippen molar-refractivity contribution in [3.63, 3.8) is 0 Å². The van der Waals surface area contributed by atoms with E-state index < -0.39 is 0 Å². The molecule has 0 amide bonds. The van der Waals surface area contributed by atoms with E-state index in [4.69, 9.17) is 0 Å². The van der Waals surface area contributed by atoms with Crippen LogP contribution in [0.5, 0.6) is 0 Å². The first-order chi connectivity index (χ1) is 13.2. The van der Waals surface area contributed by atoms with Gasteiger partial charge in [0, 0.05) is 38.6 Å². The standard InChI is InChI=1S/C22H27N5/c1-17(2)26-22(23-3)25-14-20-6-4-5-7-21(20)19-10-8-18(9-11-19)15-27-13-12-24-16-27/h4-13,16-17H,14-15H2,1-3H3,(H2,23,25,26). The average molecular weight is 361 g/mol. The molecule has 0 atom stereocenters. The quantitative estimate of drug-likeness (QED) is 0.520. The third-order valence-electron chi connectivity index (χ3n) is 4.30. The highest BCUT2D eigenvalue weighted by Crippen LogP contribution is 2.24. The van der Waals surface area contributed by atoms with Crippen molar-refractivity contribution in [1.29, 1.82) is 0 Å². The van der Waals surface area contributed by atoms with Crippen LogP contribution in [0, 0.1) is 0 Å². The minimum absolute atomic E-state index is 0.342. The number of rotatable bonds is 6. The van der Waals surface area contributed by atoms with Gasteiger partial charge in [-0.25, -0.2) is 4.98 Å². The van der Waals surface area contributed by atoms with E-state index in [9.17, 15) is 0 Å². The number of aromatic nitrogens is 2. The molecule has 0 bridgehead atoms. The van der Waals surface area contributed by atoms with Gasteiger partial charge in [0.25, 0.3) is 0 Å². The summed E-state index contributed by atoms with van der Waals surface area (Å²) in [4.78, 5) is 8.38. The SMILES string of the molecule is CN=C(NCc1ccccc1-c1ccc(Cn2ccnc2)cc1)NC(C)C. The van der Waals surface area contributed by atoms with Crippen LogP contribution in [0.2, 0.25) is 0 Å². The van der Waals surface area contributed by atoms with Crippen LogP contribution in [-0.4, -0.2) is 28.6 Å². The summed E-state index contributed by atoms with van der Waals surface area (Å²) in [5, 5.41) is 6.72. The van der Waals surface area contributed by atoms with Crippen molar-refractivity contribution < 1.29 is 0 Å². The van der Waals surface area contributed by atoms with Gasteiger partial charge in [-0.3, -0.25) is 4.99 Å². The third-order valence-corrected chi connectivity index (χ3v) is 4.30. The summed E-state index contributed by atoms with van der Waals surface area (Å²) in [7, 11) is 1.79. The molecule has 0 unspecified atom stereocenters. The van der Waals surface area contributed by atoms with E-state index >= 15 is 0 Å². The lowest BCUT2D eigenvalue weighted by Crippen LogP contribution is -2.40. The second-order valence-electron chi connectivity index (χ2n) is 6.81. The molecule has 0 saturated carbocycles. The molecule has 0 aliphatic heterocycles. The third kappa shape index (κ3) is 5.20. The maximum atomic E-state index is 4.28. The Bertz CT molecular complexity index is 864. The van der Waals surface area contributed by atoms with Crippen molar-refractivity contribution in [2.24, 2.45) is 4.99 Å². The normalized spacial score (nSPS) is 11.6. The summed E-state index contributed by atoms with van der Waals surface area (Å²) in [5.41, 5.74) is 4.95. The first-order valence-corrected chi connectivity index (χ1v) is 9.26. The van der Waals surface area contributed by atoms with Crippen LogP contribution in [0.15, 0.2) is 72.2 Å². The molecule has 3 rings (SSSR count). The van der Waals surface area contributed by atoms with E-state index in [1.807, 2.05) is 12.5 Å². The number of benzene rings is 2. The van der Waals surface area contributed by atoms with Gasteiger partial charge in [-0.05, 0) is 36.1 Å². The Labute approximate surface area is 161 Å². The molecule has 0 aliphatic carbocycles. The molecule has 5 heteroatoms. The molecule has 27 heavy (non-hydrogen) atoms. The monoisotopic (exact) mass is 361 g/mol. The van der Waals surface area contributed by atoms with Gasteiger partial charge in [0.2, 0.25) is 0 Å². The Morgan fingerprint density at radius 3 is 2.56 bits per heavy atom. The van der Waals surface area contributed by atoms with Crippen molar-refractivity contribution >= 4 is 5.96 Å². The number of nitrogens with zero attached hydrogens (tertiary/aromatic N) is 3. The van der Waals surface area contributed by atoms with Gasteiger partial charge in [-0.15, -0.1) is 0 Å². The Morgan fingerprint density at radius 1 is 1.11 bits per heavy atom. The van der Waals surface area contributed by atoms with Gasteiger partial charge in [0.15, 0.2) is 5.96 Å². The number of guanidine groups is 1. The Hall–Kier alpha value is -3.08. The highest BCUT2D eigenvalue weighted by Gasteiger charge is 2.07. The predicted octanol–water partition coefficient (Wildman–Crippen LogP) is 3.67. The first-order valence-electron chi connectivity index (χ1n) is 9.26. The molecule has 1 aromatic heterocycles. The van der Waals surface area contributed by atoms with Gasteiger partial charge in [0.1, 0.15) is 0 Å². The van der Waals surface area contributed by atoms with E-state index in [1.165, 1.54) is 22.3 Å². The molecule has 0 fully saturated rings. The fourth-order valence-corrected chi connectivity index (χ4v) is 2.98. The van der Waals surface area contributed by atoms with Gasteiger partial charge in [-0.1, -0.05) is 48.5 Å². The van der Waals surface area contributed by atoms with E-state index in [0.29, 0.717) is 6.04 Å². The Kier molecular flexibility index (Phi) is 6.26. The number of nitrogens with one attached hydrogen (secondary N) is 2. The average Bonchev–Trinajstić information content (AvgIpc) is 3.19. The van der Waals surface area contributed by atoms with Crippen molar-refractivity contribution in [2.75, 3.05) is 7.05 Å². The van der Waals surface area contributed by atoms with Gasteiger partial charge >= 0.3 is 0 Å². The van der Waals surface area contributed by atoms with Crippen LogP contribution in [-0.2, 0) is 13.1 Å². The lowest BCUT2D eigenvalue weighted by molar-refractivity contribution is 0.699. The zero-order valence-electron chi connectivity index (χ0n) is 16.2. The predicted molar refractivity (Wildman–Crippen MR) is 112 cm³/mol. The lowest BCUT2D eigenvalue weighted by atomic mass is 9.98. The minimum Gasteiger partial charge on any atom is -0.354 e. The van der Waals surface area contributed by atoms with Crippen molar-refractivity contribution in [3.05, 3.63) is 78.4 Å². The van der Waals surface area contributed by atoms with E-state index in [2.05, 4.69) is 87.6 Å². The van der Waals surface area contributed by atoms with E-state index in [-0.39, 0.29) is 0 Å². The maximum absolute atomic E-state index is 4.28. The Morgan fingerprint density at radius 2 is 1.89 bits per heavy atom. The summed E-state index contributed by atoms with van der Waals surface area (Å²) in [6.45, 7) is 5.76. The zero-order valence-corrected chi connectivity index (χ0v) is 16.2. The number of imidazole rings is 1. The van der Waals surface area contributed by atoms with Crippen molar-refractivity contribution in [1.82, 2.24) is 20.2 Å². The topological polar surface area (TPSA) is 54.2 Å². The number of hydrogen-bond acceptors (Lipinski definition) is 2. The van der Waals surface area contributed by atoms with Crippen molar-refractivity contribution in [3.8, 4) is 11.1 Å². The van der Waals surface area contributed by atoms with Gasteiger partial charge < -0.3 is 15.2 Å². The second kappa shape index (κ2) is 9.03. The number of hydrogen-bond donors (Lipinski definition) is 2. The molecule has 2 aromatic carbocycles. The fourth-order valence-electron chi connectivity index (χ4n) is 2.98. The van der Waals surface area contributed by atoms with E-state index in [1.54, 1.807) is 13.2 Å². The molecule has 3 aromatic rings. The molecule has 2 N–H and O–H groups in total. The lowest BCUT2D eigenvalue weighted by Gasteiger charge is -2.16. The highest BCUT2D eigenvalue weighted by molar-refractivity contribution is 5.80. The summed E-state index contributed by atoms with van der Waals surface area (Å²) >= 11 is 0. The first kappa shape index (κ1) is 18.7. The van der Waals surface area contributed by atoms with Crippen LogP contribution in [0.25, 0.3) is 11.1 Å². The molecule has 1 heterocycles. The minimum atomic E-state index is 0.342. The van der Waals surface area contributed by atoms with Gasteiger partial charge in [0.05, 0.1) is 6.33 Å². The fraction of sp³-hybridized carbons (Fsp3) is 0.273. The van der Waals surface area contributed by atoms with Crippen LogP contribution in [0.1, 0.15) is 25.0 Å². The summed E-state index contributed by atoms with van der Waals surface area (Å²) in [6.07, 6.45) is 5.62. The molecular weight excluding hydrogens is 334 g/mol. The number of aliphatic imine (C=N–C) groups is 1. The molecule has 0 spiro atoms. The summed E-state index contributed by atoms with van der Waals surface area (Å²) in [6, 6.07) is 17.6. The molecule has 0 radical (unpaired) electrons. The smallest absolute Gasteiger partial charge is 0.191 e. The van der Waals surface area contributed by atoms with Crippen LogP contribution in [0.4, 0.5) is 0 Å². The summed E-state index contributed by atoms with van der Waals surface area (Å²) < 4.78 is 2.07. The van der Waals surface area contributed by atoms with Gasteiger partial charge in [-0.2, -0.15) is 0 Å². The van der Waals surface area contributed by atoms with Crippen LogP contribution < -0.4 is 10.6 Å². The van der Waals surface area contributed by atoms with Crippen molar-refractivity contribution in [2.45, 2.75) is 33.0 Å². The Balaban J connectivity index is 1.73. The zero-order chi connectivity index (χ0) is 19.1. The largest absolute Gasteiger partial charge is 0.354 e. The molecule has 0 aliphatic rings. The molecule has 0 saturated heterocycles. The van der Waals surface area contributed by atoms with E-state index in [0.717, 1.165) is 19.0 Å². The molecule has 140 valence electrons. The second-order valence-corrected chi connectivity index (χ2v) is 6.81. The van der Waals surface area contributed by atoms with Crippen LogP contribution >= 0.6 is 0 Å². The maximum Gasteiger partial charge on any atom is 0.191 e.